The fourth-order valence-electron chi connectivity index (χ4n) is 1.73. The van der Waals surface area contributed by atoms with E-state index in [0.29, 0.717) is 6.54 Å². The molecule has 15 heavy (non-hydrogen) atoms. The van der Waals surface area contributed by atoms with Gasteiger partial charge in [0.2, 0.25) is 0 Å². The molecule has 0 unspecified atom stereocenters. The fourth-order valence-corrected chi connectivity index (χ4v) is 1.73. The van der Waals surface area contributed by atoms with Crippen LogP contribution in [0, 0.1) is 18.3 Å². The summed E-state index contributed by atoms with van der Waals surface area (Å²) >= 11 is 0. The zero-order chi connectivity index (χ0) is 11.6. The number of hydrogen-bond donors (Lipinski definition) is 0. The van der Waals surface area contributed by atoms with Crippen molar-refractivity contribution < 1.29 is 9.53 Å². The van der Waals surface area contributed by atoms with E-state index in [4.69, 9.17) is 11.2 Å². The Hall–Kier alpha value is -1.17. The quantitative estimate of drug-likeness (QED) is 0.573. The zero-order valence-corrected chi connectivity index (χ0v) is 9.91. The largest absolute Gasteiger partial charge is 0.444 e. The number of rotatable bonds is 0. The third-order valence-electron chi connectivity index (χ3n) is 2.44. The standard InChI is InChI=1S/C12H19NO2/c1-6-10-7-9(2)13(8-10)11(14)15-12(3,4)5/h1,9-10H,7-8H2,2-5H3/t9-,10-/m1/s1. The molecule has 0 aromatic heterocycles. The Bertz CT molecular complexity index is 285. The number of nitrogens with zero attached hydrogens (tertiary/aromatic N) is 1. The van der Waals surface area contributed by atoms with Gasteiger partial charge in [0.25, 0.3) is 0 Å². The van der Waals surface area contributed by atoms with Gasteiger partial charge in [-0.05, 0) is 34.1 Å². The van der Waals surface area contributed by atoms with Crippen LogP contribution in [0.4, 0.5) is 4.79 Å². The summed E-state index contributed by atoms with van der Waals surface area (Å²) in [4.78, 5) is 13.5. The van der Waals surface area contributed by atoms with E-state index in [9.17, 15) is 4.79 Å². The highest BCUT2D eigenvalue weighted by Crippen LogP contribution is 2.24. The predicted octanol–water partition coefficient (Wildman–Crippen LogP) is 2.27. The number of hydrogen-bond acceptors (Lipinski definition) is 2. The first-order chi connectivity index (χ1) is 6.83. The predicted molar refractivity (Wildman–Crippen MR) is 59.3 cm³/mol. The number of ether oxygens (including phenoxy) is 1. The van der Waals surface area contributed by atoms with Crippen LogP contribution < -0.4 is 0 Å². The summed E-state index contributed by atoms with van der Waals surface area (Å²) in [6, 6.07) is 0.181. The second-order valence-electron chi connectivity index (χ2n) is 5.08. The molecule has 0 radical (unpaired) electrons. The molecule has 0 aromatic rings. The first-order valence-electron chi connectivity index (χ1n) is 5.29. The molecule has 1 amide bonds. The Morgan fingerprint density at radius 2 is 2.13 bits per heavy atom. The highest BCUT2D eigenvalue weighted by atomic mass is 16.6. The first-order valence-corrected chi connectivity index (χ1v) is 5.29. The van der Waals surface area contributed by atoms with Crippen LogP contribution in [0.2, 0.25) is 0 Å². The summed E-state index contributed by atoms with van der Waals surface area (Å²) in [6.07, 6.45) is 5.97. The average Bonchev–Trinajstić information content (AvgIpc) is 2.43. The maximum absolute atomic E-state index is 11.8. The molecule has 0 aromatic carbocycles. The van der Waals surface area contributed by atoms with Gasteiger partial charge in [0.1, 0.15) is 5.60 Å². The van der Waals surface area contributed by atoms with Crippen molar-refractivity contribution in [3.8, 4) is 12.3 Å². The zero-order valence-electron chi connectivity index (χ0n) is 9.91. The van der Waals surface area contributed by atoms with Gasteiger partial charge in [-0.15, -0.1) is 12.3 Å². The lowest BCUT2D eigenvalue weighted by Gasteiger charge is -2.26. The van der Waals surface area contributed by atoms with Crippen LogP contribution in [0.15, 0.2) is 0 Å². The minimum atomic E-state index is -0.439. The number of carbonyl (C=O) groups is 1. The lowest BCUT2D eigenvalue weighted by molar-refractivity contribution is 0.0236. The first kappa shape index (κ1) is 11.9. The van der Waals surface area contributed by atoms with E-state index in [1.165, 1.54) is 0 Å². The molecule has 0 aliphatic carbocycles. The molecule has 1 aliphatic heterocycles. The Balaban J connectivity index is 2.59. The van der Waals surface area contributed by atoms with Crippen molar-refractivity contribution in [1.82, 2.24) is 4.90 Å². The van der Waals surface area contributed by atoms with E-state index in [2.05, 4.69) is 5.92 Å². The monoisotopic (exact) mass is 209 g/mol. The van der Waals surface area contributed by atoms with Crippen molar-refractivity contribution in [2.45, 2.75) is 45.8 Å². The molecule has 0 spiro atoms. The summed E-state index contributed by atoms with van der Waals surface area (Å²) in [6.45, 7) is 8.22. The van der Waals surface area contributed by atoms with Crippen LogP contribution in [-0.4, -0.2) is 29.2 Å². The third-order valence-corrected chi connectivity index (χ3v) is 2.44. The van der Waals surface area contributed by atoms with Gasteiger partial charge in [-0.2, -0.15) is 0 Å². The molecule has 1 rings (SSSR count). The SMILES string of the molecule is C#C[C@@H]1C[C@@H](C)N(C(=O)OC(C)(C)C)C1. The van der Waals surface area contributed by atoms with Crippen molar-refractivity contribution in [2.75, 3.05) is 6.54 Å². The highest BCUT2D eigenvalue weighted by Gasteiger charge is 2.33. The number of terminal acetylenes is 1. The average molecular weight is 209 g/mol. The lowest BCUT2D eigenvalue weighted by Crippen LogP contribution is -2.38. The van der Waals surface area contributed by atoms with Gasteiger partial charge in [0.15, 0.2) is 0 Å². The van der Waals surface area contributed by atoms with Gasteiger partial charge in [0, 0.05) is 18.5 Å². The van der Waals surface area contributed by atoms with Gasteiger partial charge in [-0.25, -0.2) is 4.79 Å². The molecule has 1 fully saturated rings. The van der Waals surface area contributed by atoms with Crippen molar-refractivity contribution in [1.29, 1.82) is 0 Å². The second-order valence-corrected chi connectivity index (χ2v) is 5.08. The van der Waals surface area contributed by atoms with Crippen molar-refractivity contribution in [3.05, 3.63) is 0 Å². The Labute approximate surface area is 91.8 Å². The highest BCUT2D eigenvalue weighted by molar-refractivity contribution is 5.69. The van der Waals surface area contributed by atoms with Crippen molar-refractivity contribution >= 4 is 6.09 Å². The molecule has 1 saturated heterocycles. The van der Waals surface area contributed by atoms with E-state index in [1.54, 1.807) is 4.90 Å². The van der Waals surface area contributed by atoms with Crippen molar-refractivity contribution in [3.63, 3.8) is 0 Å². The Kier molecular flexibility index (Phi) is 3.28. The van der Waals surface area contributed by atoms with E-state index in [-0.39, 0.29) is 18.1 Å². The van der Waals surface area contributed by atoms with E-state index in [0.717, 1.165) is 6.42 Å². The minimum Gasteiger partial charge on any atom is -0.444 e. The smallest absolute Gasteiger partial charge is 0.410 e. The van der Waals surface area contributed by atoms with Crippen molar-refractivity contribution in [2.24, 2.45) is 5.92 Å². The molecule has 3 heteroatoms. The van der Waals surface area contributed by atoms with Crippen LogP contribution >= 0.6 is 0 Å². The van der Waals surface area contributed by atoms with Crippen LogP contribution in [0.1, 0.15) is 34.1 Å². The Morgan fingerprint density at radius 1 is 1.53 bits per heavy atom. The molecular formula is C12H19NO2. The topological polar surface area (TPSA) is 29.5 Å². The Morgan fingerprint density at radius 3 is 2.53 bits per heavy atom. The molecule has 0 saturated carbocycles. The number of carbonyl (C=O) groups excluding carboxylic acids is 1. The van der Waals surface area contributed by atoms with Gasteiger partial charge < -0.3 is 9.64 Å². The van der Waals surface area contributed by atoms with E-state index >= 15 is 0 Å². The van der Waals surface area contributed by atoms with E-state index < -0.39 is 5.60 Å². The van der Waals surface area contributed by atoms with Gasteiger partial charge >= 0.3 is 6.09 Å². The molecule has 1 aliphatic rings. The van der Waals surface area contributed by atoms with Crippen LogP contribution in [-0.2, 0) is 4.74 Å². The molecule has 2 atom stereocenters. The van der Waals surface area contributed by atoms with Gasteiger partial charge in [-0.1, -0.05) is 0 Å². The molecule has 0 N–H and O–H groups in total. The molecule has 1 heterocycles. The fraction of sp³-hybridized carbons (Fsp3) is 0.750. The van der Waals surface area contributed by atoms with Crippen LogP contribution in [0.25, 0.3) is 0 Å². The molecule has 84 valence electrons. The third kappa shape index (κ3) is 3.16. The van der Waals surface area contributed by atoms with Gasteiger partial charge in [-0.3, -0.25) is 0 Å². The summed E-state index contributed by atoms with van der Waals surface area (Å²) < 4.78 is 5.30. The summed E-state index contributed by atoms with van der Waals surface area (Å²) in [5.74, 6) is 2.87. The van der Waals surface area contributed by atoms with E-state index in [1.807, 2.05) is 27.7 Å². The van der Waals surface area contributed by atoms with Crippen LogP contribution in [0.3, 0.4) is 0 Å². The minimum absolute atomic E-state index is 0.174. The number of likely N-dealkylation sites (tertiary alicyclic amines) is 1. The van der Waals surface area contributed by atoms with Gasteiger partial charge in [0.05, 0.1) is 0 Å². The number of amides is 1. The molecular weight excluding hydrogens is 190 g/mol. The maximum atomic E-state index is 11.8. The normalized spacial score (nSPS) is 26.2. The molecule has 3 nitrogen and oxygen atoms in total. The summed E-state index contributed by atoms with van der Waals surface area (Å²) in [5, 5.41) is 0. The summed E-state index contributed by atoms with van der Waals surface area (Å²) in [5.41, 5.74) is -0.439. The lowest BCUT2D eigenvalue weighted by atomic mass is 10.1. The maximum Gasteiger partial charge on any atom is 0.410 e. The molecule has 0 bridgehead atoms. The second kappa shape index (κ2) is 4.14. The van der Waals surface area contributed by atoms with Crippen LogP contribution in [0.5, 0.6) is 0 Å². The summed E-state index contributed by atoms with van der Waals surface area (Å²) in [7, 11) is 0.